The van der Waals surface area contributed by atoms with Gasteiger partial charge in [0.05, 0.1) is 11.4 Å². The smallest absolute Gasteiger partial charge is 0.194 e. The van der Waals surface area contributed by atoms with Gasteiger partial charge in [-0.25, -0.2) is 4.98 Å². The van der Waals surface area contributed by atoms with Crippen LogP contribution in [0, 0.1) is 12.8 Å². The molecule has 1 saturated carbocycles. The Kier molecular flexibility index (Phi) is 6.67. The Morgan fingerprint density at radius 2 is 2.03 bits per heavy atom. The van der Waals surface area contributed by atoms with Crippen molar-refractivity contribution in [2.75, 3.05) is 19.6 Å². The summed E-state index contributed by atoms with van der Waals surface area (Å²) in [6.45, 7) is 7.77. The fourth-order valence-corrected chi connectivity index (χ4v) is 6.45. The molecule has 1 aliphatic carbocycles. The number of piperidine rings is 1. The topological polar surface area (TPSA) is 36.7 Å². The number of aromatic nitrogens is 3. The second kappa shape index (κ2) is 9.80. The lowest BCUT2D eigenvalue weighted by atomic mass is 9.90. The Hall–Kier alpha value is -1.76. The molecule has 0 radical (unpaired) electrons. The Bertz CT molecular complexity index is 959. The second-order valence-corrected chi connectivity index (χ2v) is 10.4. The molecule has 5 nitrogen and oxygen atoms in total. The summed E-state index contributed by atoms with van der Waals surface area (Å²) in [7, 11) is 0. The predicted octanol–water partition coefficient (Wildman–Crippen LogP) is 5.15. The van der Waals surface area contributed by atoms with E-state index in [0.29, 0.717) is 0 Å². The summed E-state index contributed by atoms with van der Waals surface area (Å²) in [5, 5.41) is 2.14. The van der Waals surface area contributed by atoms with Crippen LogP contribution in [0.3, 0.4) is 0 Å². The molecule has 2 fully saturated rings. The zero-order valence-corrected chi connectivity index (χ0v) is 19.6. The van der Waals surface area contributed by atoms with Gasteiger partial charge in [0.2, 0.25) is 0 Å². The van der Waals surface area contributed by atoms with Crippen molar-refractivity contribution in [1.82, 2.24) is 24.2 Å². The van der Waals surface area contributed by atoms with Gasteiger partial charge in [0, 0.05) is 56.2 Å². The Balaban J connectivity index is 1.31. The van der Waals surface area contributed by atoms with Gasteiger partial charge in [0.1, 0.15) is 0 Å². The molecule has 3 aromatic rings. The number of hydrogen-bond donors (Lipinski definition) is 0. The second-order valence-electron chi connectivity index (χ2n) is 9.53. The van der Waals surface area contributed by atoms with E-state index in [9.17, 15) is 0 Å². The van der Waals surface area contributed by atoms with Crippen molar-refractivity contribution in [3.05, 3.63) is 53.1 Å². The number of imidazole rings is 1. The van der Waals surface area contributed by atoms with Crippen LogP contribution in [-0.4, -0.2) is 49.8 Å². The van der Waals surface area contributed by atoms with E-state index in [1.54, 1.807) is 11.3 Å². The molecule has 0 aromatic carbocycles. The fraction of sp³-hybridized carbons (Fsp3) is 0.600. The molecule has 2 aliphatic rings. The molecule has 0 N–H and O–H groups in total. The summed E-state index contributed by atoms with van der Waals surface area (Å²) < 4.78 is 2.28. The lowest BCUT2D eigenvalue weighted by molar-refractivity contribution is 0.0767. The normalized spacial score (nSPS) is 21.3. The highest BCUT2D eigenvalue weighted by molar-refractivity contribution is 7.15. The third-order valence-electron chi connectivity index (χ3n) is 7.22. The van der Waals surface area contributed by atoms with Crippen molar-refractivity contribution in [3.8, 4) is 0 Å². The number of fused-ring (bicyclic) bond motifs is 1. The van der Waals surface area contributed by atoms with E-state index in [0.717, 1.165) is 42.2 Å². The molecule has 1 atom stereocenters. The van der Waals surface area contributed by atoms with Gasteiger partial charge in [0.15, 0.2) is 4.96 Å². The van der Waals surface area contributed by atoms with Gasteiger partial charge >= 0.3 is 0 Å². The standard InChI is InChI=1S/C25H35N5S/c1-20-24(30-13-14-31-25(30)27-20)19-28(16-21-7-5-11-26-15-21)17-22-8-6-12-29(18-22)23-9-3-2-4-10-23/h5,7,11,13-15,22-23H,2-4,6,8-10,12,16-19H2,1H3. The van der Waals surface area contributed by atoms with Crippen LogP contribution >= 0.6 is 11.3 Å². The summed E-state index contributed by atoms with van der Waals surface area (Å²) in [6, 6.07) is 5.10. The summed E-state index contributed by atoms with van der Waals surface area (Å²) in [4.78, 5) is 15.7. The highest BCUT2D eigenvalue weighted by Crippen LogP contribution is 2.28. The van der Waals surface area contributed by atoms with E-state index in [1.807, 2.05) is 12.4 Å². The first kappa shape index (κ1) is 21.1. The van der Waals surface area contributed by atoms with Gasteiger partial charge in [-0.15, -0.1) is 11.3 Å². The zero-order valence-electron chi connectivity index (χ0n) is 18.7. The molecule has 0 amide bonds. The van der Waals surface area contributed by atoms with Crippen molar-refractivity contribution in [3.63, 3.8) is 0 Å². The highest BCUT2D eigenvalue weighted by atomic mass is 32.1. The van der Waals surface area contributed by atoms with Crippen LogP contribution in [0.5, 0.6) is 0 Å². The van der Waals surface area contributed by atoms with E-state index in [1.165, 1.54) is 69.3 Å². The molecule has 1 unspecified atom stereocenters. The largest absolute Gasteiger partial charge is 0.300 e. The first-order chi connectivity index (χ1) is 15.3. The van der Waals surface area contributed by atoms with E-state index >= 15 is 0 Å². The highest BCUT2D eigenvalue weighted by Gasteiger charge is 2.28. The number of thiazole rings is 1. The molecule has 4 heterocycles. The Morgan fingerprint density at radius 1 is 1.13 bits per heavy atom. The lowest BCUT2D eigenvalue weighted by Gasteiger charge is -2.41. The van der Waals surface area contributed by atoms with Crippen molar-refractivity contribution in [1.29, 1.82) is 0 Å². The van der Waals surface area contributed by atoms with Gasteiger partial charge in [0.25, 0.3) is 0 Å². The minimum absolute atomic E-state index is 0.749. The molecule has 3 aromatic heterocycles. The number of hydrogen-bond acceptors (Lipinski definition) is 5. The minimum atomic E-state index is 0.749. The van der Waals surface area contributed by atoms with Crippen LogP contribution in [0.4, 0.5) is 0 Å². The third-order valence-corrected chi connectivity index (χ3v) is 7.98. The zero-order chi connectivity index (χ0) is 21.0. The monoisotopic (exact) mass is 437 g/mol. The summed E-state index contributed by atoms with van der Waals surface area (Å²) in [5.41, 5.74) is 3.79. The molecule has 1 aliphatic heterocycles. The van der Waals surface area contributed by atoms with Crippen molar-refractivity contribution in [2.45, 2.75) is 71.0 Å². The van der Waals surface area contributed by atoms with Crippen LogP contribution in [0.1, 0.15) is 61.9 Å². The number of nitrogens with zero attached hydrogens (tertiary/aromatic N) is 5. The summed E-state index contributed by atoms with van der Waals surface area (Å²) >= 11 is 1.72. The third kappa shape index (κ3) is 5.02. The van der Waals surface area contributed by atoms with Crippen LogP contribution in [0.15, 0.2) is 36.1 Å². The molecule has 1 saturated heterocycles. The SMILES string of the molecule is Cc1nc2sccn2c1CN(Cc1cccnc1)CC1CCCN(C2CCCCC2)C1. The van der Waals surface area contributed by atoms with Crippen LogP contribution in [0.25, 0.3) is 4.96 Å². The van der Waals surface area contributed by atoms with E-state index in [-0.39, 0.29) is 0 Å². The number of likely N-dealkylation sites (tertiary alicyclic amines) is 1. The number of rotatable bonds is 7. The molecule has 0 spiro atoms. The van der Waals surface area contributed by atoms with Gasteiger partial charge in [-0.05, 0) is 56.7 Å². The molecule has 5 rings (SSSR count). The van der Waals surface area contributed by atoms with Crippen LogP contribution in [0.2, 0.25) is 0 Å². The molecule has 0 bridgehead atoms. The molecular formula is C25H35N5S. The molecular weight excluding hydrogens is 402 g/mol. The van der Waals surface area contributed by atoms with Gasteiger partial charge < -0.3 is 4.90 Å². The fourth-order valence-electron chi connectivity index (χ4n) is 5.67. The number of pyridine rings is 1. The maximum atomic E-state index is 4.79. The summed E-state index contributed by atoms with van der Waals surface area (Å²) in [6.07, 6.45) is 15.9. The van der Waals surface area contributed by atoms with Gasteiger partial charge in [-0.3, -0.25) is 14.3 Å². The van der Waals surface area contributed by atoms with Crippen molar-refractivity contribution < 1.29 is 0 Å². The average molecular weight is 438 g/mol. The molecule has 31 heavy (non-hydrogen) atoms. The van der Waals surface area contributed by atoms with E-state index in [2.05, 4.69) is 49.8 Å². The maximum absolute atomic E-state index is 4.79. The van der Waals surface area contributed by atoms with Gasteiger partial charge in [-0.2, -0.15) is 0 Å². The quantitative estimate of drug-likeness (QED) is 0.512. The predicted molar refractivity (Wildman–Crippen MR) is 127 cm³/mol. The first-order valence-corrected chi connectivity index (χ1v) is 12.9. The maximum Gasteiger partial charge on any atom is 0.194 e. The first-order valence-electron chi connectivity index (χ1n) is 12.0. The minimum Gasteiger partial charge on any atom is -0.300 e. The van der Waals surface area contributed by atoms with Crippen LogP contribution < -0.4 is 0 Å². The van der Waals surface area contributed by atoms with Gasteiger partial charge in [-0.1, -0.05) is 25.3 Å². The number of aryl methyl sites for hydroxylation is 1. The van der Waals surface area contributed by atoms with E-state index in [4.69, 9.17) is 4.98 Å². The van der Waals surface area contributed by atoms with Crippen molar-refractivity contribution >= 4 is 16.3 Å². The lowest BCUT2D eigenvalue weighted by Crippen LogP contribution is -2.46. The Morgan fingerprint density at radius 3 is 2.87 bits per heavy atom. The van der Waals surface area contributed by atoms with Crippen LogP contribution in [-0.2, 0) is 13.1 Å². The summed E-state index contributed by atoms with van der Waals surface area (Å²) in [5.74, 6) is 0.749. The molecule has 6 heteroatoms. The Labute approximate surface area is 190 Å². The molecule has 166 valence electrons. The van der Waals surface area contributed by atoms with Crippen molar-refractivity contribution in [2.24, 2.45) is 5.92 Å². The van der Waals surface area contributed by atoms with E-state index < -0.39 is 0 Å². The average Bonchev–Trinajstić information content (AvgIpc) is 3.37.